The summed E-state index contributed by atoms with van der Waals surface area (Å²) in [7, 11) is 1.63. The molecule has 0 spiro atoms. The van der Waals surface area contributed by atoms with Crippen LogP contribution in [0.25, 0.3) is 0 Å². The Morgan fingerprint density at radius 3 is 2.52 bits per heavy atom. The maximum Gasteiger partial charge on any atom is 0.271 e. The molecule has 0 aliphatic rings. The number of aliphatic hydroxyl groups excluding tert-OH is 1. The lowest BCUT2D eigenvalue weighted by molar-refractivity contribution is 0.0836. The van der Waals surface area contributed by atoms with Gasteiger partial charge in [0.05, 0.1) is 11.2 Å². The van der Waals surface area contributed by atoms with Crippen LogP contribution in [-0.2, 0) is 12.5 Å². The van der Waals surface area contributed by atoms with E-state index in [1.165, 1.54) is 16.4 Å². The summed E-state index contributed by atoms with van der Waals surface area (Å²) in [5.41, 5.74) is 1.54. The van der Waals surface area contributed by atoms with E-state index in [1.807, 2.05) is 24.3 Å². The van der Waals surface area contributed by atoms with E-state index < -0.39 is 12.0 Å². The molecule has 2 N–H and O–H groups in total. The van der Waals surface area contributed by atoms with Crippen molar-refractivity contribution in [1.29, 1.82) is 0 Å². The lowest BCUT2D eigenvalue weighted by Gasteiger charge is -2.19. The first-order valence-electron chi connectivity index (χ1n) is 8.05. The molecule has 1 amide bonds. The van der Waals surface area contributed by atoms with Crippen molar-refractivity contribution in [3.63, 3.8) is 0 Å². The normalized spacial score (nSPS) is 12.7. The molecule has 0 aliphatic carbocycles. The molecule has 0 aliphatic heterocycles. The number of hydrogen-bond acceptors (Lipinski definition) is 4. The van der Waals surface area contributed by atoms with Crippen LogP contribution in [0.5, 0.6) is 5.75 Å². The number of carbonyl (C=O) groups is 1. The Labute approximate surface area is 152 Å². The molecule has 136 valence electrons. The smallest absolute Gasteiger partial charge is 0.271 e. The van der Waals surface area contributed by atoms with E-state index in [4.69, 9.17) is 16.3 Å². The van der Waals surface area contributed by atoms with E-state index in [-0.39, 0.29) is 29.3 Å². The first kappa shape index (κ1) is 19.3. The molecule has 7 heteroatoms. The van der Waals surface area contributed by atoms with Crippen LogP contribution >= 0.6 is 11.6 Å². The van der Waals surface area contributed by atoms with Gasteiger partial charge in [-0.25, -0.2) is 0 Å². The number of nitrogens with one attached hydrogen (secondary N) is 1. The predicted octanol–water partition coefficient (Wildman–Crippen LogP) is 2.54. The van der Waals surface area contributed by atoms with Gasteiger partial charge in [0.2, 0.25) is 0 Å². The fourth-order valence-corrected chi connectivity index (χ4v) is 2.51. The Bertz CT molecular complexity index is 701. The van der Waals surface area contributed by atoms with Crippen LogP contribution in [0.1, 0.15) is 36.8 Å². The van der Waals surface area contributed by atoms with Crippen molar-refractivity contribution in [2.45, 2.75) is 32.3 Å². The number of halogens is 1. The number of hydrogen-bond donors (Lipinski definition) is 2. The standard InChI is InChI=1S/C18H24ClN3O3/c1-18(2,3)12-5-7-14(8-6-12)25-11-13(23)9-20-17(24)16-15(19)10-21-22(16)4/h5-8,10,13,23H,9,11H2,1-4H3,(H,20,24)/t13-/m1/s1. The average Bonchev–Trinajstić information content (AvgIpc) is 2.89. The minimum atomic E-state index is -0.835. The molecule has 0 saturated heterocycles. The Morgan fingerprint density at radius 2 is 2.00 bits per heavy atom. The lowest BCUT2D eigenvalue weighted by atomic mass is 9.87. The maximum absolute atomic E-state index is 12.0. The van der Waals surface area contributed by atoms with Crippen molar-refractivity contribution < 1.29 is 14.6 Å². The summed E-state index contributed by atoms with van der Waals surface area (Å²) in [6.07, 6.45) is 0.565. The molecule has 1 aromatic carbocycles. The number of rotatable bonds is 6. The summed E-state index contributed by atoms with van der Waals surface area (Å²) in [5, 5.41) is 16.8. The number of carbonyl (C=O) groups excluding carboxylic acids is 1. The van der Waals surface area contributed by atoms with E-state index in [9.17, 15) is 9.90 Å². The van der Waals surface area contributed by atoms with Gasteiger partial charge in [-0.05, 0) is 23.1 Å². The SMILES string of the molecule is Cn1ncc(Cl)c1C(=O)NC[C@@H](O)COc1ccc(C(C)(C)C)cc1. The van der Waals surface area contributed by atoms with E-state index >= 15 is 0 Å². The van der Waals surface area contributed by atoms with Gasteiger partial charge in [-0.2, -0.15) is 5.10 Å². The van der Waals surface area contributed by atoms with Gasteiger partial charge in [0, 0.05) is 13.6 Å². The molecule has 0 radical (unpaired) electrons. The van der Waals surface area contributed by atoms with Crippen molar-refractivity contribution in [1.82, 2.24) is 15.1 Å². The molecule has 6 nitrogen and oxygen atoms in total. The molecule has 0 unspecified atom stereocenters. The number of nitrogens with zero attached hydrogens (tertiary/aromatic N) is 2. The van der Waals surface area contributed by atoms with Crippen molar-refractivity contribution in [2.75, 3.05) is 13.2 Å². The molecule has 1 atom stereocenters. The summed E-state index contributed by atoms with van der Waals surface area (Å²) < 4.78 is 6.95. The van der Waals surface area contributed by atoms with Crippen molar-refractivity contribution >= 4 is 17.5 Å². The second kappa shape index (κ2) is 7.89. The Morgan fingerprint density at radius 1 is 1.36 bits per heavy atom. The molecule has 1 heterocycles. The molecular formula is C18H24ClN3O3. The van der Waals surface area contributed by atoms with Gasteiger partial charge in [-0.3, -0.25) is 9.48 Å². The fourth-order valence-electron chi connectivity index (χ4n) is 2.26. The van der Waals surface area contributed by atoms with Crippen LogP contribution in [0.2, 0.25) is 5.02 Å². The van der Waals surface area contributed by atoms with Gasteiger partial charge < -0.3 is 15.2 Å². The first-order valence-corrected chi connectivity index (χ1v) is 8.43. The second-order valence-electron chi connectivity index (χ2n) is 6.91. The summed E-state index contributed by atoms with van der Waals surface area (Å²) in [5.74, 6) is 0.284. The quantitative estimate of drug-likeness (QED) is 0.824. The van der Waals surface area contributed by atoms with Crippen LogP contribution in [0.4, 0.5) is 0 Å². The van der Waals surface area contributed by atoms with Crippen LogP contribution in [0, 0.1) is 0 Å². The second-order valence-corrected chi connectivity index (χ2v) is 7.32. The van der Waals surface area contributed by atoms with Gasteiger partial charge in [-0.1, -0.05) is 44.5 Å². The van der Waals surface area contributed by atoms with Gasteiger partial charge in [0.25, 0.3) is 5.91 Å². The molecule has 25 heavy (non-hydrogen) atoms. The topological polar surface area (TPSA) is 76.4 Å². The summed E-state index contributed by atoms with van der Waals surface area (Å²) in [4.78, 5) is 12.0. The zero-order valence-electron chi connectivity index (χ0n) is 14.9. The third kappa shape index (κ3) is 5.21. The van der Waals surface area contributed by atoms with E-state index in [1.54, 1.807) is 7.05 Å². The summed E-state index contributed by atoms with van der Waals surface area (Å²) in [6, 6.07) is 7.77. The van der Waals surface area contributed by atoms with Crippen LogP contribution in [-0.4, -0.2) is 40.0 Å². The molecule has 2 aromatic rings. The fraction of sp³-hybridized carbons (Fsp3) is 0.444. The maximum atomic E-state index is 12.0. The van der Waals surface area contributed by atoms with Crippen LogP contribution < -0.4 is 10.1 Å². The van der Waals surface area contributed by atoms with Gasteiger partial charge in [0.1, 0.15) is 24.2 Å². The van der Waals surface area contributed by atoms with E-state index in [0.717, 1.165) is 0 Å². The lowest BCUT2D eigenvalue weighted by Crippen LogP contribution is -2.36. The van der Waals surface area contributed by atoms with E-state index in [2.05, 4.69) is 31.2 Å². The summed E-state index contributed by atoms with van der Waals surface area (Å²) >= 11 is 5.91. The highest BCUT2D eigenvalue weighted by atomic mass is 35.5. The number of benzene rings is 1. The van der Waals surface area contributed by atoms with Crippen molar-refractivity contribution in [3.8, 4) is 5.75 Å². The highest BCUT2D eigenvalue weighted by molar-refractivity contribution is 6.33. The largest absolute Gasteiger partial charge is 0.491 e. The Kier molecular flexibility index (Phi) is 6.08. The monoisotopic (exact) mass is 365 g/mol. The third-order valence-corrected chi connectivity index (χ3v) is 4.05. The molecule has 2 rings (SSSR count). The molecule has 0 bridgehead atoms. The van der Waals surface area contributed by atoms with Gasteiger partial charge in [0.15, 0.2) is 0 Å². The number of aryl methyl sites for hydroxylation is 1. The minimum absolute atomic E-state index is 0.0560. The molecule has 0 fully saturated rings. The van der Waals surface area contributed by atoms with Crippen molar-refractivity contribution in [3.05, 3.63) is 46.7 Å². The predicted molar refractivity (Wildman–Crippen MR) is 97.2 cm³/mol. The zero-order valence-corrected chi connectivity index (χ0v) is 15.7. The third-order valence-electron chi connectivity index (χ3n) is 3.77. The Balaban J connectivity index is 1.81. The number of aliphatic hydroxyl groups is 1. The average molecular weight is 366 g/mol. The van der Waals surface area contributed by atoms with E-state index in [0.29, 0.717) is 5.75 Å². The van der Waals surface area contributed by atoms with Crippen molar-refractivity contribution in [2.24, 2.45) is 7.05 Å². The molecular weight excluding hydrogens is 342 g/mol. The Hall–Kier alpha value is -2.05. The number of amides is 1. The highest BCUT2D eigenvalue weighted by Crippen LogP contribution is 2.24. The van der Waals surface area contributed by atoms with Gasteiger partial charge >= 0.3 is 0 Å². The molecule has 0 saturated carbocycles. The summed E-state index contributed by atoms with van der Waals surface area (Å²) in [6.45, 7) is 6.56. The number of ether oxygens (including phenoxy) is 1. The van der Waals surface area contributed by atoms with Crippen LogP contribution in [0.15, 0.2) is 30.5 Å². The first-order chi connectivity index (χ1) is 11.7. The zero-order chi connectivity index (χ0) is 18.6. The number of aromatic nitrogens is 2. The molecule has 1 aromatic heterocycles. The van der Waals surface area contributed by atoms with Crippen LogP contribution in [0.3, 0.4) is 0 Å². The minimum Gasteiger partial charge on any atom is -0.491 e. The highest BCUT2D eigenvalue weighted by Gasteiger charge is 2.17. The van der Waals surface area contributed by atoms with Gasteiger partial charge in [-0.15, -0.1) is 0 Å².